The van der Waals surface area contributed by atoms with Gasteiger partial charge < -0.3 is 9.64 Å². The van der Waals surface area contributed by atoms with E-state index in [0.29, 0.717) is 6.10 Å². The summed E-state index contributed by atoms with van der Waals surface area (Å²) in [6.07, 6.45) is 2.87. The highest BCUT2D eigenvalue weighted by molar-refractivity contribution is 5.39. The number of piperidine rings is 1. The monoisotopic (exact) mass is 275 g/mol. The second-order valence-corrected chi connectivity index (χ2v) is 6.03. The molecule has 110 valence electrons. The Morgan fingerprint density at radius 2 is 2.00 bits per heavy atom. The normalized spacial score (nSPS) is 25.9. The molecule has 4 heteroatoms. The van der Waals surface area contributed by atoms with Crippen molar-refractivity contribution in [3.63, 3.8) is 0 Å². The molecular formula is C16H25N3O. The Kier molecular flexibility index (Phi) is 4.22. The molecule has 2 aliphatic heterocycles. The molecule has 1 aromatic rings. The van der Waals surface area contributed by atoms with Crippen LogP contribution in [0.25, 0.3) is 0 Å². The summed E-state index contributed by atoms with van der Waals surface area (Å²) in [5.41, 5.74) is 1.10. The Morgan fingerprint density at radius 3 is 2.70 bits per heavy atom. The minimum Gasteiger partial charge on any atom is -0.376 e. The van der Waals surface area contributed by atoms with E-state index in [1.165, 1.54) is 12.8 Å². The molecule has 2 fully saturated rings. The molecule has 1 atom stereocenters. The summed E-state index contributed by atoms with van der Waals surface area (Å²) < 4.78 is 5.64. The SMILES string of the molecule is Cc1cccc(N2CCC(N3CCO[C@H](C)C3)CC2)n1. The Bertz CT molecular complexity index is 443. The number of nitrogens with zero attached hydrogens (tertiary/aromatic N) is 3. The van der Waals surface area contributed by atoms with Gasteiger partial charge in [0.05, 0.1) is 12.7 Å². The molecule has 0 radical (unpaired) electrons. The minimum atomic E-state index is 0.389. The van der Waals surface area contributed by atoms with Gasteiger partial charge in [-0.15, -0.1) is 0 Å². The van der Waals surface area contributed by atoms with Crippen LogP contribution >= 0.6 is 0 Å². The maximum absolute atomic E-state index is 5.64. The van der Waals surface area contributed by atoms with Gasteiger partial charge in [0.2, 0.25) is 0 Å². The summed E-state index contributed by atoms with van der Waals surface area (Å²) in [6, 6.07) is 7.02. The summed E-state index contributed by atoms with van der Waals surface area (Å²) >= 11 is 0. The zero-order chi connectivity index (χ0) is 13.9. The molecule has 0 aromatic carbocycles. The molecule has 2 aliphatic rings. The highest BCUT2D eigenvalue weighted by atomic mass is 16.5. The van der Waals surface area contributed by atoms with Crippen LogP contribution < -0.4 is 4.90 Å². The van der Waals surface area contributed by atoms with Crippen LogP contribution in [-0.4, -0.2) is 54.8 Å². The first-order valence-electron chi connectivity index (χ1n) is 7.76. The second-order valence-electron chi connectivity index (χ2n) is 6.03. The van der Waals surface area contributed by atoms with Gasteiger partial charge in [0.25, 0.3) is 0 Å². The molecule has 0 amide bonds. The lowest BCUT2D eigenvalue weighted by molar-refractivity contribution is -0.0373. The molecule has 1 aromatic heterocycles. The van der Waals surface area contributed by atoms with Gasteiger partial charge in [-0.05, 0) is 38.8 Å². The number of hydrogen-bond acceptors (Lipinski definition) is 4. The maximum Gasteiger partial charge on any atom is 0.128 e. The second kappa shape index (κ2) is 6.10. The van der Waals surface area contributed by atoms with Crippen molar-refractivity contribution in [1.82, 2.24) is 9.88 Å². The first-order valence-corrected chi connectivity index (χ1v) is 7.76. The Hall–Kier alpha value is -1.13. The maximum atomic E-state index is 5.64. The van der Waals surface area contributed by atoms with Crippen LogP contribution in [0.2, 0.25) is 0 Å². The van der Waals surface area contributed by atoms with E-state index in [0.717, 1.165) is 50.3 Å². The van der Waals surface area contributed by atoms with Gasteiger partial charge in [0.1, 0.15) is 5.82 Å². The van der Waals surface area contributed by atoms with E-state index < -0.39 is 0 Å². The van der Waals surface area contributed by atoms with Gasteiger partial charge in [-0.1, -0.05) is 6.07 Å². The summed E-state index contributed by atoms with van der Waals surface area (Å²) in [6.45, 7) is 9.55. The number of ether oxygens (including phenoxy) is 1. The third-order valence-electron chi connectivity index (χ3n) is 4.45. The Labute approximate surface area is 121 Å². The van der Waals surface area contributed by atoms with Crippen molar-refractivity contribution in [1.29, 1.82) is 0 Å². The quantitative estimate of drug-likeness (QED) is 0.826. The van der Waals surface area contributed by atoms with Crippen LogP contribution in [0.4, 0.5) is 5.82 Å². The molecule has 0 aliphatic carbocycles. The van der Waals surface area contributed by atoms with Crippen molar-refractivity contribution in [2.75, 3.05) is 37.7 Å². The van der Waals surface area contributed by atoms with Gasteiger partial charge in [0.15, 0.2) is 0 Å². The fourth-order valence-corrected chi connectivity index (χ4v) is 3.34. The van der Waals surface area contributed by atoms with Crippen LogP contribution in [0.5, 0.6) is 0 Å². The van der Waals surface area contributed by atoms with Gasteiger partial charge in [0, 0.05) is 37.9 Å². The van der Waals surface area contributed by atoms with Crippen molar-refractivity contribution >= 4 is 5.82 Å². The zero-order valence-corrected chi connectivity index (χ0v) is 12.6. The van der Waals surface area contributed by atoms with Crippen LogP contribution in [0.3, 0.4) is 0 Å². The summed E-state index contributed by atoms with van der Waals surface area (Å²) in [5.74, 6) is 1.14. The lowest BCUT2D eigenvalue weighted by atomic mass is 10.0. The molecule has 0 N–H and O–H groups in total. The van der Waals surface area contributed by atoms with Crippen LogP contribution in [0.1, 0.15) is 25.5 Å². The first kappa shape index (κ1) is 13.8. The van der Waals surface area contributed by atoms with E-state index in [1.54, 1.807) is 0 Å². The van der Waals surface area contributed by atoms with Crippen molar-refractivity contribution < 1.29 is 4.74 Å². The zero-order valence-electron chi connectivity index (χ0n) is 12.6. The van der Waals surface area contributed by atoms with Gasteiger partial charge in [-0.3, -0.25) is 4.90 Å². The van der Waals surface area contributed by atoms with Gasteiger partial charge >= 0.3 is 0 Å². The first-order chi connectivity index (χ1) is 9.72. The van der Waals surface area contributed by atoms with E-state index >= 15 is 0 Å². The van der Waals surface area contributed by atoms with Crippen molar-refractivity contribution in [3.8, 4) is 0 Å². The van der Waals surface area contributed by atoms with E-state index in [-0.39, 0.29) is 0 Å². The standard InChI is InChI=1S/C16H25N3O/c1-13-4-3-5-16(17-13)18-8-6-15(7-9-18)19-10-11-20-14(2)12-19/h3-5,14-15H,6-12H2,1-2H3/t14-/m1/s1. The fraction of sp³-hybridized carbons (Fsp3) is 0.688. The average molecular weight is 275 g/mol. The highest BCUT2D eigenvalue weighted by Gasteiger charge is 2.28. The molecule has 2 saturated heterocycles. The van der Waals surface area contributed by atoms with Crippen molar-refractivity contribution in [3.05, 3.63) is 23.9 Å². The average Bonchev–Trinajstić information content (AvgIpc) is 2.47. The lowest BCUT2D eigenvalue weighted by Gasteiger charge is -2.42. The predicted octanol–water partition coefficient (Wildman–Crippen LogP) is 2.08. The minimum absolute atomic E-state index is 0.389. The Balaban J connectivity index is 1.56. The molecular weight excluding hydrogens is 250 g/mol. The molecule has 0 unspecified atom stereocenters. The van der Waals surface area contributed by atoms with Crippen LogP contribution in [0.15, 0.2) is 18.2 Å². The largest absolute Gasteiger partial charge is 0.376 e. The molecule has 20 heavy (non-hydrogen) atoms. The molecule has 0 spiro atoms. The van der Waals surface area contributed by atoms with E-state index in [1.807, 2.05) is 0 Å². The summed E-state index contributed by atoms with van der Waals surface area (Å²) in [4.78, 5) is 9.68. The molecule has 4 nitrogen and oxygen atoms in total. The predicted molar refractivity (Wildman–Crippen MR) is 81.2 cm³/mol. The highest BCUT2D eigenvalue weighted by Crippen LogP contribution is 2.22. The summed E-state index contributed by atoms with van der Waals surface area (Å²) in [7, 11) is 0. The number of aromatic nitrogens is 1. The molecule has 0 saturated carbocycles. The molecule has 3 heterocycles. The van der Waals surface area contributed by atoms with E-state index in [4.69, 9.17) is 4.74 Å². The number of aryl methyl sites for hydroxylation is 1. The number of morpholine rings is 1. The van der Waals surface area contributed by atoms with E-state index in [2.05, 4.69) is 46.8 Å². The smallest absolute Gasteiger partial charge is 0.128 e. The van der Waals surface area contributed by atoms with E-state index in [9.17, 15) is 0 Å². The number of pyridine rings is 1. The van der Waals surface area contributed by atoms with Crippen LogP contribution in [0, 0.1) is 6.92 Å². The third kappa shape index (κ3) is 3.13. The van der Waals surface area contributed by atoms with Crippen LogP contribution in [-0.2, 0) is 4.74 Å². The molecule has 0 bridgehead atoms. The summed E-state index contributed by atoms with van der Waals surface area (Å²) in [5, 5.41) is 0. The molecule has 3 rings (SSSR count). The topological polar surface area (TPSA) is 28.6 Å². The van der Waals surface area contributed by atoms with Crippen molar-refractivity contribution in [2.45, 2.75) is 38.8 Å². The van der Waals surface area contributed by atoms with Crippen molar-refractivity contribution in [2.24, 2.45) is 0 Å². The fourth-order valence-electron chi connectivity index (χ4n) is 3.34. The lowest BCUT2D eigenvalue weighted by Crippen LogP contribution is -2.51. The number of hydrogen-bond donors (Lipinski definition) is 0. The number of anilines is 1. The third-order valence-corrected chi connectivity index (χ3v) is 4.45. The van der Waals surface area contributed by atoms with Gasteiger partial charge in [-0.25, -0.2) is 4.98 Å². The number of rotatable bonds is 2. The Morgan fingerprint density at radius 1 is 1.20 bits per heavy atom. The van der Waals surface area contributed by atoms with Gasteiger partial charge in [-0.2, -0.15) is 0 Å².